The molecule has 1 aromatic carbocycles. The number of imidazole rings is 1. The molecule has 2 aromatic rings. The Labute approximate surface area is 109 Å². The van der Waals surface area contributed by atoms with Crippen LogP contribution in [0.15, 0.2) is 18.2 Å². The molecule has 0 saturated carbocycles. The number of thioether (sulfide) groups is 1. The highest BCUT2D eigenvalue weighted by atomic mass is 32.2. The lowest BCUT2D eigenvalue weighted by molar-refractivity contribution is 0.628. The molecule has 0 aliphatic heterocycles. The van der Waals surface area contributed by atoms with Crippen molar-refractivity contribution in [2.24, 2.45) is 0 Å². The van der Waals surface area contributed by atoms with Crippen LogP contribution in [0.3, 0.4) is 0 Å². The van der Waals surface area contributed by atoms with Crippen LogP contribution in [0.4, 0.5) is 4.39 Å². The Kier molecular flexibility index (Phi) is 4.23. The molecular formula is C12H15FN2S2. The Balaban J connectivity index is 2.21. The lowest BCUT2D eigenvalue weighted by Crippen LogP contribution is -1.98. The average Bonchev–Trinajstić information content (AvgIpc) is 2.60. The van der Waals surface area contributed by atoms with Gasteiger partial charge < -0.3 is 9.55 Å². The van der Waals surface area contributed by atoms with Crippen LogP contribution in [-0.2, 0) is 6.54 Å². The maximum atomic E-state index is 13.1. The highest BCUT2D eigenvalue weighted by molar-refractivity contribution is 7.98. The van der Waals surface area contributed by atoms with Crippen LogP contribution >= 0.6 is 24.0 Å². The van der Waals surface area contributed by atoms with Crippen molar-refractivity contribution in [1.82, 2.24) is 9.55 Å². The maximum Gasteiger partial charge on any atom is 0.178 e. The standard InChI is InChI=1S/C12H15FN2S2/c1-17-7-3-2-6-15-11-5-4-9(13)8-10(11)14-12(15)16/h4-5,8H,2-3,6-7H2,1H3,(H,14,16). The Hall–Kier alpha value is -0.810. The van der Waals surface area contributed by atoms with Crippen molar-refractivity contribution in [1.29, 1.82) is 0 Å². The molecule has 1 aromatic heterocycles. The molecule has 0 atom stereocenters. The minimum Gasteiger partial charge on any atom is -0.330 e. The second-order valence-electron chi connectivity index (χ2n) is 3.94. The van der Waals surface area contributed by atoms with Crippen LogP contribution in [0, 0.1) is 10.6 Å². The maximum absolute atomic E-state index is 13.1. The fourth-order valence-electron chi connectivity index (χ4n) is 1.87. The van der Waals surface area contributed by atoms with Crippen LogP contribution in [0.25, 0.3) is 11.0 Å². The van der Waals surface area contributed by atoms with Crippen molar-refractivity contribution in [3.05, 3.63) is 28.8 Å². The van der Waals surface area contributed by atoms with Crippen molar-refractivity contribution in [2.75, 3.05) is 12.0 Å². The third-order valence-electron chi connectivity index (χ3n) is 2.72. The van der Waals surface area contributed by atoms with E-state index in [1.54, 1.807) is 6.07 Å². The molecule has 0 fully saturated rings. The smallest absolute Gasteiger partial charge is 0.178 e. The number of halogens is 1. The van der Waals surface area contributed by atoms with Gasteiger partial charge in [-0.15, -0.1) is 0 Å². The number of unbranched alkanes of at least 4 members (excludes halogenated alkanes) is 1. The number of aryl methyl sites for hydroxylation is 1. The van der Waals surface area contributed by atoms with Gasteiger partial charge in [0, 0.05) is 6.54 Å². The Morgan fingerprint density at radius 3 is 3.00 bits per heavy atom. The summed E-state index contributed by atoms with van der Waals surface area (Å²) >= 11 is 7.11. The molecule has 17 heavy (non-hydrogen) atoms. The molecule has 0 bridgehead atoms. The van der Waals surface area contributed by atoms with Gasteiger partial charge in [0.2, 0.25) is 0 Å². The predicted molar refractivity (Wildman–Crippen MR) is 74.7 cm³/mol. The summed E-state index contributed by atoms with van der Waals surface area (Å²) in [5, 5.41) is 0. The molecule has 0 amide bonds. The van der Waals surface area contributed by atoms with E-state index in [1.165, 1.54) is 24.3 Å². The van der Waals surface area contributed by atoms with E-state index in [0.717, 1.165) is 24.0 Å². The third kappa shape index (κ3) is 2.90. The number of benzene rings is 1. The van der Waals surface area contributed by atoms with E-state index in [4.69, 9.17) is 12.2 Å². The zero-order valence-corrected chi connectivity index (χ0v) is 11.3. The lowest BCUT2D eigenvalue weighted by atomic mass is 10.3. The Morgan fingerprint density at radius 1 is 1.41 bits per heavy atom. The number of nitrogens with zero attached hydrogens (tertiary/aromatic N) is 1. The fourth-order valence-corrected chi connectivity index (χ4v) is 2.67. The lowest BCUT2D eigenvalue weighted by Gasteiger charge is -2.03. The quantitative estimate of drug-likeness (QED) is 0.655. The first-order valence-corrected chi connectivity index (χ1v) is 7.39. The number of aromatic nitrogens is 2. The summed E-state index contributed by atoms with van der Waals surface area (Å²) in [4.78, 5) is 3.04. The summed E-state index contributed by atoms with van der Waals surface area (Å²) in [5.41, 5.74) is 1.76. The van der Waals surface area contributed by atoms with Gasteiger partial charge in [0.25, 0.3) is 0 Å². The van der Waals surface area contributed by atoms with Crippen molar-refractivity contribution < 1.29 is 4.39 Å². The van der Waals surface area contributed by atoms with E-state index in [0.29, 0.717) is 4.77 Å². The summed E-state index contributed by atoms with van der Waals surface area (Å²) in [7, 11) is 0. The van der Waals surface area contributed by atoms with Crippen LogP contribution in [0.1, 0.15) is 12.8 Å². The average molecular weight is 270 g/mol. The summed E-state index contributed by atoms with van der Waals surface area (Å²) < 4.78 is 15.8. The van der Waals surface area contributed by atoms with Gasteiger partial charge in [-0.1, -0.05) is 0 Å². The minimum atomic E-state index is -0.233. The van der Waals surface area contributed by atoms with Gasteiger partial charge in [0.15, 0.2) is 4.77 Å². The number of fused-ring (bicyclic) bond motifs is 1. The van der Waals surface area contributed by atoms with E-state index >= 15 is 0 Å². The normalized spacial score (nSPS) is 11.2. The second-order valence-corrected chi connectivity index (χ2v) is 5.32. The molecular weight excluding hydrogens is 255 g/mol. The topological polar surface area (TPSA) is 20.7 Å². The van der Waals surface area contributed by atoms with Crippen LogP contribution in [-0.4, -0.2) is 21.6 Å². The number of rotatable bonds is 5. The number of hydrogen-bond acceptors (Lipinski definition) is 2. The van der Waals surface area contributed by atoms with Gasteiger partial charge in [-0.25, -0.2) is 4.39 Å². The molecule has 0 spiro atoms. The van der Waals surface area contributed by atoms with E-state index in [-0.39, 0.29) is 5.82 Å². The highest BCUT2D eigenvalue weighted by Crippen LogP contribution is 2.16. The van der Waals surface area contributed by atoms with Crippen molar-refractivity contribution in [3.8, 4) is 0 Å². The van der Waals surface area contributed by atoms with Crippen molar-refractivity contribution in [2.45, 2.75) is 19.4 Å². The summed E-state index contributed by atoms with van der Waals surface area (Å²) in [6, 6.07) is 4.75. The van der Waals surface area contributed by atoms with Gasteiger partial charge in [-0.3, -0.25) is 0 Å². The second kappa shape index (κ2) is 5.69. The van der Waals surface area contributed by atoms with Gasteiger partial charge in [-0.2, -0.15) is 11.8 Å². The van der Waals surface area contributed by atoms with Crippen LogP contribution in [0.5, 0.6) is 0 Å². The van der Waals surface area contributed by atoms with E-state index in [1.807, 2.05) is 16.3 Å². The van der Waals surface area contributed by atoms with Crippen molar-refractivity contribution in [3.63, 3.8) is 0 Å². The van der Waals surface area contributed by atoms with Crippen LogP contribution < -0.4 is 0 Å². The third-order valence-corrected chi connectivity index (χ3v) is 3.74. The predicted octanol–water partition coefficient (Wildman–Crippen LogP) is 3.98. The van der Waals surface area contributed by atoms with Crippen LogP contribution in [0.2, 0.25) is 0 Å². The first-order chi connectivity index (χ1) is 8.22. The number of nitrogens with one attached hydrogen (secondary N) is 1. The SMILES string of the molecule is CSCCCCn1c(=S)[nH]c2cc(F)ccc21. The molecule has 5 heteroatoms. The number of aromatic amines is 1. The molecule has 2 nitrogen and oxygen atoms in total. The molecule has 0 aliphatic rings. The Bertz CT molecular complexity index is 559. The van der Waals surface area contributed by atoms with Gasteiger partial charge in [0.05, 0.1) is 11.0 Å². The first-order valence-electron chi connectivity index (χ1n) is 5.59. The zero-order valence-electron chi connectivity index (χ0n) is 9.70. The van der Waals surface area contributed by atoms with E-state index in [2.05, 4.69) is 11.2 Å². The Morgan fingerprint density at radius 2 is 2.24 bits per heavy atom. The van der Waals surface area contributed by atoms with Crippen molar-refractivity contribution >= 4 is 35.0 Å². The summed E-state index contributed by atoms with van der Waals surface area (Å²) in [6.07, 6.45) is 4.39. The minimum absolute atomic E-state index is 0.233. The molecule has 1 N–H and O–H groups in total. The highest BCUT2D eigenvalue weighted by Gasteiger charge is 2.04. The number of hydrogen-bond donors (Lipinski definition) is 1. The monoisotopic (exact) mass is 270 g/mol. The van der Waals surface area contributed by atoms with Gasteiger partial charge in [-0.05, 0) is 55.3 Å². The number of H-pyrrole nitrogens is 1. The molecule has 0 radical (unpaired) electrons. The molecule has 1 heterocycles. The van der Waals surface area contributed by atoms with E-state index in [9.17, 15) is 4.39 Å². The summed E-state index contributed by atoms with van der Waals surface area (Å²) in [6.45, 7) is 0.894. The zero-order chi connectivity index (χ0) is 12.3. The first kappa shape index (κ1) is 12.6. The van der Waals surface area contributed by atoms with Gasteiger partial charge >= 0.3 is 0 Å². The molecule has 0 aliphatic carbocycles. The molecule has 0 unspecified atom stereocenters. The molecule has 0 saturated heterocycles. The fraction of sp³-hybridized carbons (Fsp3) is 0.417. The largest absolute Gasteiger partial charge is 0.330 e. The van der Waals surface area contributed by atoms with Gasteiger partial charge in [0.1, 0.15) is 5.82 Å². The summed E-state index contributed by atoms with van der Waals surface area (Å²) in [5.74, 6) is 0.938. The van der Waals surface area contributed by atoms with E-state index < -0.39 is 0 Å². The molecule has 92 valence electrons. The molecule has 2 rings (SSSR count).